The Kier molecular flexibility index (Phi) is 3.52. The van der Waals surface area contributed by atoms with E-state index in [0.29, 0.717) is 13.1 Å². The number of carbonyl (C=O) groups excluding carboxylic acids is 2. The summed E-state index contributed by atoms with van der Waals surface area (Å²) >= 11 is 0. The lowest BCUT2D eigenvalue weighted by Gasteiger charge is -2.15. The van der Waals surface area contributed by atoms with Crippen LogP contribution in [-0.2, 0) is 17.9 Å². The molecule has 8 heteroatoms. The lowest BCUT2D eigenvalue weighted by Crippen LogP contribution is -2.40. The standard InChI is InChI=1S/C11H18N6O2/c1-11(2)9(18)17(10(19)13-11)5-4-16-7-8(6-12-3)14-15-16/h7,12H,4-6H2,1-3H3,(H,13,19). The van der Waals surface area contributed by atoms with E-state index in [1.165, 1.54) is 4.90 Å². The fourth-order valence-corrected chi connectivity index (χ4v) is 1.93. The van der Waals surface area contributed by atoms with Gasteiger partial charge in [-0.15, -0.1) is 5.10 Å². The summed E-state index contributed by atoms with van der Waals surface area (Å²) in [6.45, 7) is 4.74. The smallest absolute Gasteiger partial charge is 0.324 e. The van der Waals surface area contributed by atoms with Gasteiger partial charge >= 0.3 is 6.03 Å². The van der Waals surface area contributed by atoms with Crippen LogP contribution in [0.25, 0.3) is 0 Å². The maximum absolute atomic E-state index is 12.0. The fourth-order valence-electron chi connectivity index (χ4n) is 1.93. The summed E-state index contributed by atoms with van der Waals surface area (Å²) in [6, 6.07) is -0.356. The van der Waals surface area contributed by atoms with Crippen molar-refractivity contribution in [2.75, 3.05) is 13.6 Å². The van der Waals surface area contributed by atoms with Crippen LogP contribution < -0.4 is 10.6 Å². The highest BCUT2D eigenvalue weighted by molar-refractivity contribution is 6.06. The molecule has 0 spiro atoms. The highest BCUT2D eigenvalue weighted by Gasteiger charge is 2.43. The maximum Gasteiger partial charge on any atom is 0.325 e. The van der Waals surface area contributed by atoms with E-state index >= 15 is 0 Å². The summed E-state index contributed by atoms with van der Waals surface area (Å²) < 4.78 is 1.62. The van der Waals surface area contributed by atoms with Gasteiger partial charge in [-0.05, 0) is 20.9 Å². The topological polar surface area (TPSA) is 92.2 Å². The molecule has 2 heterocycles. The normalized spacial score (nSPS) is 17.9. The number of hydrogen-bond donors (Lipinski definition) is 2. The molecule has 8 nitrogen and oxygen atoms in total. The van der Waals surface area contributed by atoms with Gasteiger partial charge in [-0.1, -0.05) is 5.21 Å². The van der Waals surface area contributed by atoms with Crippen LogP contribution >= 0.6 is 0 Å². The van der Waals surface area contributed by atoms with E-state index in [9.17, 15) is 9.59 Å². The Morgan fingerprint density at radius 3 is 2.68 bits per heavy atom. The molecule has 1 saturated heterocycles. The average molecular weight is 266 g/mol. The fraction of sp³-hybridized carbons (Fsp3) is 0.636. The van der Waals surface area contributed by atoms with Crippen molar-refractivity contribution >= 4 is 11.9 Å². The highest BCUT2D eigenvalue weighted by atomic mass is 16.2. The molecule has 1 aliphatic heterocycles. The number of imide groups is 1. The van der Waals surface area contributed by atoms with Crippen molar-refractivity contribution in [1.29, 1.82) is 0 Å². The summed E-state index contributed by atoms with van der Waals surface area (Å²) in [7, 11) is 1.83. The number of aromatic nitrogens is 3. The van der Waals surface area contributed by atoms with Gasteiger partial charge in [0.15, 0.2) is 0 Å². The Morgan fingerprint density at radius 1 is 1.37 bits per heavy atom. The third kappa shape index (κ3) is 2.73. The van der Waals surface area contributed by atoms with Crippen LogP contribution in [0.2, 0.25) is 0 Å². The molecule has 0 bridgehead atoms. The number of amides is 3. The molecular formula is C11H18N6O2. The lowest BCUT2D eigenvalue weighted by molar-refractivity contribution is -0.130. The van der Waals surface area contributed by atoms with Gasteiger partial charge in [0.1, 0.15) is 5.54 Å². The summed E-state index contributed by atoms with van der Waals surface area (Å²) in [5, 5.41) is 13.5. The Labute approximate surface area is 111 Å². The number of nitrogens with zero attached hydrogens (tertiary/aromatic N) is 4. The van der Waals surface area contributed by atoms with E-state index in [4.69, 9.17) is 0 Å². The molecule has 1 aromatic heterocycles. The minimum atomic E-state index is -0.823. The van der Waals surface area contributed by atoms with E-state index in [0.717, 1.165) is 5.69 Å². The number of urea groups is 1. The number of nitrogens with one attached hydrogen (secondary N) is 2. The van der Waals surface area contributed by atoms with E-state index in [-0.39, 0.29) is 18.5 Å². The Bertz CT molecular complexity index is 495. The molecule has 0 atom stereocenters. The number of hydrogen-bond acceptors (Lipinski definition) is 5. The number of carbonyl (C=O) groups is 2. The largest absolute Gasteiger partial charge is 0.325 e. The maximum atomic E-state index is 12.0. The first-order chi connectivity index (χ1) is 8.94. The summed E-state index contributed by atoms with van der Waals surface area (Å²) in [5.41, 5.74) is -0.00321. The molecule has 1 aliphatic rings. The van der Waals surface area contributed by atoms with Crippen LogP contribution in [0.15, 0.2) is 6.20 Å². The highest BCUT2D eigenvalue weighted by Crippen LogP contribution is 2.16. The van der Waals surface area contributed by atoms with Gasteiger partial charge in [0, 0.05) is 12.7 Å². The van der Waals surface area contributed by atoms with Crippen LogP contribution in [0.5, 0.6) is 0 Å². The Balaban J connectivity index is 1.95. The Morgan fingerprint density at radius 2 is 2.11 bits per heavy atom. The molecule has 0 saturated carbocycles. The van der Waals surface area contributed by atoms with Gasteiger partial charge in [0.05, 0.1) is 18.8 Å². The molecule has 2 N–H and O–H groups in total. The monoisotopic (exact) mass is 266 g/mol. The summed E-state index contributed by atoms with van der Waals surface area (Å²) in [5.74, 6) is -0.215. The zero-order chi connectivity index (χ0) is 14.0. The second-order valence-electron chi connectivity index (χ2n) is 5.02. The molecule has 0 unspecified atom stereocenters. The second kappa shape index (κ2) is 4.96. The van der Waals surface area contributed by atoms with E-state index in [2.05, 4.69) is 20.9 Å². The van der Waals surface area contributed by atoms with Crippen LogP contribution in [-0.4, -0.2) is 51.0 Å². The van der Waals surface area contributed by atoms with Gasteiger partial charge in [0.2, 0.25) is 0 Å². The van der Waals surface area contributed by atoms with Gasteiger partial charge in [-0.25, -0.2) is 4.79 Å². The van der Waals surface area contributed by atoms with Crippen molar-refractivity contribution in [3.8, 4) is 0 Å². The second-order valence-corrected chi connectivity index (χ2v) is 5.02. The van der Waals surface area contributed by atoms with Crippen molar-refractivity contribution in [2.45, 2.75) is 32.5 Å². The molecule has 3 amide bonds. The lowest BCUT2D eigenvalue weighted by atomic mass is 10.1. The molecular weight excluding hydrogens is 248 g/mol. The van der Waals surface area contributed by atoms with Gasteiger partial charge in [0.25, 0.3) is 5.91 Å². The first kappa shape index (κ1) is 13.5. The van der Waals surface area contributed by atoms with Gasteiger partial charge in [-0.3, -0.25) is 14.4 Å². The van der Waals surface area contributed by atoms with Crippen molar-refractivity contribution in [3.63, 3.8) is 0 Å². The molecule has 2 rings (SSSR count). The zero-order valence-electron chi connectivity index (χ0n) is 11.3. The van der Waals surface area contributed by atoms with Crippen molar-refractivity contribution in [1.82, 2.24) is 30.5 Å². The molecule has 19 heavy (non-hydrogen) atoms. The Hall–Kier alpha value is -1.96. The van der Waals surface area contributed by atoms with Crippen molar-refractivity contribution < 1.29 is 9.59 Å². The summed E-state index contributed by atoms with van der Waals surface area (Å²) in [6.07, 6.45) is 1.79. The van der Waals surface area contributed by atoms with E-state index in [1.54, 1.807) is 24.7 Å². The van der Waals surface area contributed by atoms with E-state index < -0.39 is 5.54 Å². The van der Waals surface area contributed by atoms with Crippen LogP contribution in [0, 0.1) is 0 Å². The quantitative estimate of drug-likeness (QED) is 0.689. The molecule has 0 radical (unpaired) electrons. The third-order valence-electron chi connectivity index (χ3n) is 2.94. The van der Waals surface area contributed by atoms with Crippen LogP contribution in [0.3, 0.4) is 0 Å². The number of rotatable bonds is 5. The van der Waals surface area contributed by atoms with Crippen molar-refractivity contribution in [3.05, 3.63) is 11.9 Å². The predicted octanol–water partition coefficient (Wildman–Crippen LogP) is -0.672. The van der Waals surface area contributed by atoms with Gasteiger partial charge in [-0.2, -0.15) is 0 Å². The van der Waals surface area contributed by atoms with Crippen LogP contribution in [0.1, 0.15) is 19.5 Å². The van der Waals surface area contributed by atoms with Crippen LogP contribution in [0.4, 0.5) is 4.79 Å². The van der Waals surface area contributed by atoms with Gasteiger partial charge < -0.3 is 10.6 Å². The minimum Gasteiger partial charge on any atom is -0.324 e. The SMILES string of the molecule is CNCc1cn(CCN2C(=O)NC(C)(C)C2=O)nn1. The molecule has 1 fully saturated rings. The van der Waals surface area contributed by atoms with E-state index in [1.807, 2.05) is 7.05 Å². The molecule has 0 aromatic carbocycles. The third-order valence-corrected chi connectivity index (χ3v) is 2.94. The summed E-state index contributed by atoms with van der Waals surface area (Å²) in [4.78, 5) is 24.8. The zero-order valence-corrected chi connectivity index (χ0v) is 11.3. The molecule has 104 valence electrons. The first-order valence-corrected chi connectivity index (χ1v) is 6.12. The average Bonchev–Trinajstić information content (AvgIpc) is 2.83. The van der Waals surface area contributed by atoms with Crippen molar-refractivity contribution in [2.24, 2.45) is 0 Å². The molecule has 0 aliphatic carbocycles. The molecule has 1 aromatic rings. The first-order valence-electron chi connectivity index (χ1n) is 6.12. The predicted molar refractivity (Wildman–Crippen MR) is 67.1 cm³/mol. The minimum absolute atomic E-state index is 0.215.